The van der Waals surface area contributed by atoms with Gasteiger partial charge in [-0.1, -0.05) is 6.61 Å². The van der Waals surface area contributed by atoms with Crippen LogP contribution >= 0.6 is 0 Å². The summed E-state index contributed by atoms with van der Waals surface area (Å²) in [7, 11) is 0. The van der Waals surface area contributed by atoms with Gasteiger partial charge in [-0.05, 0) is 0 Å². The van der Waals surface area contributed by atoms with Crippen molar-refractivity contribution in [3.05, 3.63) is 6.92 Å². The molecule has 3 heteroatoms. The van der Waals surface area contributed by atoms with Crippen LogP contribution in [0.15, 0.2) is 0 Å². The zero-order valence-corrected chi connectivity index (χ0v) is 5.51. The van der Waals surface area contributed by atoms with Crippen molar-refractivity contribution in [3.63, 3.8) is 0 Å². The molecule has 3 nitrogen and oxygen atoms in total. The highest BCUT2D eigenvalue weighted by molar-refractivity contribution is 4.32. The van der Waals surface area contributed by atoms with Crippen LogP contribution in [0.25, 0.3) is 0 Å². The summed E-state index contributed by atoms with van der Waals surface area (Å²) < 4.78 is 9.74. The summed E-state index contributed by atoms with van der Waals surface area (Å²) in [6, 6.07) is 0. The Kier molecular flexibility index (Phi) is 7.77. The summed E-state index contributed by atoms with van der Waals surface area (Å²) in [6.07, 6.45) is 0. The van der Waals surface area contributed by atoms with Crippen LogP contribution in [-0.2, 0) is 9.47 Å². The molecule has 0 spiro atoms. The summed E-state index contributed by atoms with van der Waals surface area (Å²) in [4.78, 5) is 0. The molecule has 0 amide bonds. The first-order valence-corrected chi connectivity index (χ1v) is 2.97. The van der Waals surface area contributed by atoms with Gasteiger partial charge in [0, 0.05) is 0 Å². The van der Waals surface area contributed by atoms with Crippen molar-refractivity contribution in [3.8, 4) is 0 Å². The highest BCUT2D eigenvalue weighted by Crippen LogP contribution is 1.75. The molecule has 9 heavy (non-hydrogen) atoms. The maximum Gasteiger partial charge on any atom is 0.0700 e. The number of hydrogen-bond acceptors (Lipinski definition) is 3. The lowest BCUT2D eigenvalue weighted by Crippen LogP contribution is -2.06. The van der Waals surface area contributed by atoms with E-state index in [1.165, 1.54) is 0 Å². The molecule has 0 radical (unpaired) electrons. The molecular weight excluding hydrogens is 120 g/mol. The molecule has 0 fully saturated rings. The standard InChI is InChI=1S/C6H13O3/c1-2-8-5-6-9-4-3-7/h7H,1-6H2/q-1. The van der Waals surface area contributed by atoms with E-state index in [1.807, 2.05) is 0 Å². The molecule has 0 saturated heterocycles. The van der Waals surface area contributed by atoms with E-state index in [0.717, 1.165) is 0 Å². The van der Waals surface area contributed by atoms with Gasteiger partial charge in [-0.15, -0.1) is 0 Å². The van der Waals surface area contributed by atoms with Crippen LogP contribution < -0.4 is 0 Å². The molecule has 0 aliphatic heterocycles. The first-order valence-electron chi connectivity index (χ1n) is 2.97. The lowest BCUT2D eigenvalue weighted by Gasteiger charge is -2.03. The van der Waals surface area contributed by atoms with Gasteiger partial charge < -0.3 is 21.5 Å². The first kappa shape index (κ1) is 8.88. The predicted molar refractivity (Wildman–Crippen MR) is 34.1 cm³/mol. The Morgan fingerprint density at radius 1 is 1.11 bits per heavy atom. The lowest BCUT2D eigenvalue weighted by atomic mass is 10.7. The van der Waals surface area contributed by atoms with Crippen LogP contribution in [-0.4, -0.2) is 38.1 Å². The molecule has 56 valence electrons. The second kappa shape index (κ2) is 7.88. The number of rotatable bonds is 6. The molecule has 1 N–H and O–H groups in total. The van der Waals surface area contributed by atoms with Gasteiger partial charge >= 0.3 is 0 Å². The Morgan fingerprint density at radius 2 is 1.78 bits per heavy atom. The maximum absolute atomic E-state index is 8.24. The molecule has 0 aromatic heterocycles. The molecule has 0 aliphatic rings. The summed E-state index contributed by atoms with van der Waals surface area (Å²) in [5, 5.41) is 8.24. The van der Waals surface area contributed by atoms with E-state index in [4.69, 9.17) is 14.6 Å². The van der Waals surface area contributed by atoms with Crippen molar-refractivity contribution >= 4 is 0 Å². The van der Waals surface area contributed by atoms with Crippen molar-refractivity contribution in [2.75, 3.05) is 33.0 Å². The van der Waals surface area contributed by atoms with Gasteiger partial charge in [-0.2, -0.15) is 0 Å². The summed E-state index contributed by atoms with van der Waals surface area (Å²) in [5.74, 6) is 0. The van der Waals surface area contributed by atoms with Gasteiger partial charge in [0.25, 0.3) is 0 Å². The minimum absolute atomic E-state index is 0.0738. The van der Waals surface area contributed by atoms with E-state index in [9.17, 15) is 0 Å². The van der Waals surface area contributed by atoms with Crippen LogP contribution in [0, 0.1) is 6.92 Å². The molecule has 0 aliphatic carbocycles. The Hall–Kier alpha value is -0.120. The van der Waals surface area contributed by atoms with Crippen LogP contribution in [0.5, 0.6) is 0 Å². The molecule has 0 aromatic carbocycles. The second-order valence-corrected chi connectivity index (χ2v) is 1.45. The van der Waals surface area contributed by atoms with E-state index in [-0.39, 0.29) is 6.61 Å². The van der Waals surface area contributed by atoms with Gasteiger partial charge in [0.2, 0.25) is 0 Å². The fourth-order valence-corrected chi connectivity index (χ4v) is 0.387. The molecule has 0 atom stereocenters. The average molecular weight is 133 g/mol. The Balaban J connectivity index is 2.60. The van der Waals surface area contributed by atoms with Crippen LogP contribution in [0.4, 0.5) is 0 Å². The molecule has 0 unspecified atom stereocenters. The largest absolute Gasteiger partial charge is 0.411 e. The minimum Gasteiger partial charge on any atom is -0.411 e. The molecular formula is C6H13O3-. The third kappa shape index (κ3) is 7.88. The van der Waals surface area contributed by atoms with Crippen LogP contribution in [0.2, 0.25) is 0 Å². The number of ether oxygens (including phenoxy) is 2. The summed E-state index contributed by atoms with van der Waals surface area (Å²) in [6.45, 7) is 5.51. The van der Waals surface area contributed by atoms with Crippen molar-refractivity contribution in [2.45, 2.75) is 0 Å². The molecule has 0 aromatic rings. The number of aliphatic hydroxyl groups is 1. The molecule has 0 saturated carbocycles. The Labute approximate surface area is 55.6 Å². The van der Waals surface area contributed by atoms with E-state index < -0.39 is 0 Å². The van der Waals surface area contributed by atoms with Gasteiger partial charge in [0.15, 0.2) is 0 Å². The zero-order valence-electron chi connectivity index (χ0n) is 5.51. The normalized spacial score (nSPS) is 10.0. The molecule has 0 rings (SSSR count). The third-order valence-corrected chi connectivity index (χ3v) is 0.752. The monoisotopic (exact) mass is 133 g/mol. The van der Waals surface area contributed by atoms with E-state index in [1.54, 1.807) is 0 Å². The molecule has 0 heterocycles. The predicted octanol–water partition coefficient (Wildman–Crippen LogP) is -0.154. The zero-order chi connectivity index (χ0) is 6.95. The van der Waals surface area contributed by atoms with Crippen molar-refractivity contribution < 1.29 is 14.6 Å². The smallest absolute Gasteiger partial charge is 0.0700 e. The van der Waals surface area contributed by atoms with E-state index >= 15 is 0 Å². The Morgan fingerprint density at radius 3 is 2.33 bits per heavy atom. The minimum atomic E-state index is 0.0738. The summed E-state index contributed by atoms with van der Waals surface area (Å²) >= 11 is 0. The van der Waals surface area contributed by atoms with Crippen molar-refractivity contribution in [1.82, 2.24) is 0 Å². The average Bonchev–Trinajstić information content (AvgIpc) is 1.89. The summed E-state index contributed by atoms with van der Waals surface area (Å²) in [5.41, 5.74) is 0. The van der Waals surface area contributed by atoms with Crippen molar-refractivity contribution in [2.24, 2.45) is 0 Å². The fraction of sp³-hybridized carbons (Fsp3) is 0.833. The van der Waals surface area contributed by atoms with Gasteiger partial charge in [-0.3, -0.25) is 0 Å². The quantitative estimate of drug-likeness (QED) is 0.404. The third-order valence-electron chi connectivity index (χ3n) is 0.752. The maximum atomic E-state index is 8.24. The first-order chi connectivity index (χ1) is 4.41. The Bertz CT molecular complexity index is 41.6. The van der Waals surface area contributed by atoms with E-state index in [2.05, 4.69) is 6.92 Å². The highest BCUT2D eigenvalue weighted by atomic mass is 16.5. The van der Waals surface area contributed by atoms with Crippen LogP contribution in [0.3, 0.4) is 0 Å². The van der Waals surface area contributed by atoms with Gasteiger partial charge in [0.1, 0.15) is 0 Å². The second-order valence-electron chi connectivity index (χ2n) is 1.45. The number of aliphatic hydroxyl groups excluding tert-OH is 1. The van der Waals surface area contributed by atoms with Gasteiger partial charge in [-0.25, -0.2) is 0 Å². The van der Waals surface area contributed by atoms with Gasteiger partial charge in [0.05, 0.1) is 26.4 Å². The number of hydrogen-bond donors (Lipinski definition) is 1. The topological polar surface area (TPSA) is 38.7 Å². The fourth-order valence-electron chi connectivity index (χ4n) is 0.387. The van der Waals surface area contributed by atoms with Crippen molar-refractivity contribution in [1.29, 1.82) is 0 Å². The van der Waals surface area contributed by atoms with E-state index in [0.29, 0.717) is 26.4 Å². The molecule has 0 bridgehead atoms. The lowest BCUT2D eigenvalue weighted by molar-refractivity contribution is 0.0408. The SMILES string of the molecule is [CH2-]COCCOCCO. The van der Waals surface area contributed by atoms with Crippen LogP contribution in [0.1, 0.15) is 0 Å². The highest BCUT2D eigenvalue weighted by Gasteiger charge is 1.83.